The van der Waals surface area contributed by atoms with Gasteiger partial charge in [0.25, 0.3) is 0 Å². The highest BCUT2D eigenvalue weighted by Crippen LogP contribution is 2.19. The second kappa shape index (κ2) is 4.72. The zero-order valence-electron chi connectivity index (χ0n) is 7.85. The molecule has 0 saturated heterocycles. The number of halogens is 2. The zero-order chi connectivity index (χ0) is 10.6. The molecule has 3 N–H and O–H groups in total. The van der Waals surface area contributed by atoms with Gasteiger partial charge in [-0.3, -0.25) is 0 Å². The fourth-order valence-corrected chi connectivity index (χ4v) is 1.05. The molecule has 0 fully saturated rings. The zero-order valence-corrected chi connectivity index (χ0v) is 7.85. The molecule has 0 bridgehead atoms. The number of benzene rings is 1. The Morgan fingerprint density at radius 2 is 2.14 bits per heavy atom. The maximum Gasteiger partial charge on any atom is 0.149 e. The minimum atomic E-state index is -0.728. The van der Waals surface area contributed by atoms with Crippen molar-refractivity contribution < 1.29 is 8.78 Å². The van der Waals surface area contributed by atoms with E-state index < -0.39 is 11.6 Å². The molecule has 1 aromatic rings. The maximum atomic E-state index is 12.9. The average molecular weight is 198 g/mol. The van der Waals surface area contributed by atoms with Crippen molar-refractivity contribution >= 4 is 11.8 Å². The van der Waals surface area contributed by atoms with Gasteiger partial charge in [-0.25, -0.2) is 8.78 Å². The quantitative estimate of drug-likeness (QED) is 0.726. The summed E-state index contributed by atoms with van der Waals surface area (Å²) in [5, 5.41) is 2.87. The molecule has 4 heteroatoms. The van der Waals surface area contributed by atoms with Gasteiger partial charge in [-0.2, -0.15) is 0 Å². The highest BCUT2D eigenvalue weighted by molar-refractivity contribution is 5.65. The molecule has 0 radical (unpaired) electrons. The summed E-state index contributed by atoms with van der Waals surface area (Å²) in [4.78, 5) is 0. The fourth-order valence-electron chi connectivity index (χ4n) is 1.05. The molecule has 0 unspecified atom stereocenters. The number of nitrogens with one attached hydrogen (secondary N) is 1. The monoisotopic (exact) mass is 198 g/mol. The van der Waals surface area contributed by atoms with Crippen LogP contribution in [0, 0.1) is 11.6 Å². The van der Waals surface area contributed by atoms with Gasteiger partial charge < -0.3 is 11.1 Å². The van der Waals surface area contributed by atoms with E-state index in [0.29, 0.717) is 12.1 Å². The van der Waals surface area contributed by atoms with E-state index in [1.54, 1.807) is 19.2 Å². The van der Waals surface area contributed by atoms with E-state index in [4.69, 9.17) is 5.73 Å². The number of nitrogen functional groups attached to an aromatic ring is 1. The van der Waals surface area contributed by atoms with E-state index in [0.717, 1.165) is 6.07 Å². The Morgan fingerprint density at radius 3 is 2.79 bits per heavy atom. The second-order valence-corrected chi connectivity index (χ2v) is 2.85. The molecule has 0 amide bonds. The molecule has 0 aliphatic heterocycles. The van der Waals surface area contributed by atoms with Crippen LogP contribution in [0.1, 0.15) is 5.56 Å². The molecule has 0 atom stereocenters. The number of nitrogens with two attached hydrogens (primary N) is 1. The summed E-state index contributed by atoms with van der Waals surface area (Å²) in [5.41, 5.74) is 5.75. The molecule has 0 heterocycles. The summed E-state index contributed by atoms with van der Waals surface area (Å²) in [6.45, 7) is 0.623. The minimum Gasteiger partial charge on any atom is -0.396 e. The lowest BCUT2D eigenvalue weighted by Gasteiger charge is -2.02. The summed E-state index contributed by atoms with van der Waals surface area (Å²) in [5.74, 6) is -1.35. The van der Waals surface area contributed by atoms with Crippen LogP contribution >= 0.6 is 0 Å². The predicted octanol–water partition coefficient (Wildman–Crippen LogP) is 1.78. The number of anilines is 1. The minimum absolute atomic E-state index is 0.0289. The van der Waals surface area contributed by atoms with E-state index in [2.05, 4.69) is 5.32 Å². The highest BCUT2D eigenvalue weighted by Gasteiger charge is 2.04. The van der Waals surface area contributed by atoms with Crippen molar-refractivity contribution in [2.75, 3.05) is 19.3 Å². The Hall–Kier alpha value is -1.42. The fraction of sp³-hybridized carbons (Fsp3) is 0.200. The molecule has 14 heavy (non-hydrogen) atoms. The molecule has 0 aliphatic carbocycles. The second-order valence-electron chi connectivity index (χ2n) is 2.85. The van der Waals surface area contributed by atoms with Gasteiger partial charge in [0.15, 0.2) is 0 Å². The van der Waals surface area contributed by atoms with E-state index in [-0.39, 0.29) is 5.69 Å². The first-order chi connectivity index (χ1) is 6.65. The molecule has 0 saturated carbocycles. The van der Waals surface area contributed by atoms with Crippen molar-refractivity contribution in [1.29, 1.82) is 0 Å². The molecular weight excluding hydrogens is 186 g/mol. The molecule has 0 aliphatic rings. The van der Waals surface area contributed by atoms with Gasteiger partial charge in [-0.15, -0.1) is 0 Å². The van der Waals surface area contributed by atoms with Crippen molar-refractivity contribution in [3.05, 3.63) is 35.4 Å². The van der Waals surface area contributed by atoms with Crippen LogP contribution < -0.4 is 11.1 Å². The Morgan fingerprint density at radius 1 is 1.43 bits per heavy atom. The summed E-state index contributed by atoms with van der Waals surface area (Å²) in [6.07, 6.45) is 3.32. The molecule has 1 aromatic carbocycles. The van der Waals surface area contributed by atoms with Gasteiger partial charge in [0.05, 0.1) is 5.69 Å². The van der Waals surface area contributed by atoms with Crippen LogP contribution in [-0.4, -0.2) is 13.6 Å². The Balaban J connectivity index is 2.96. The van der Waals surface area contributed by atoms with E-state index >= 15 is 0 Å². The van der Waals surface area contributed by atoms with Crippen LogP contribution in [0.3, 0.4) is 0 Å². The first-order valence-electron chi connectivity index (χ1n) is 4.21. The normalized spacial score (nSPS) is 11.1. The van der Waals surface area contributed by atoms with Crippen LogP contribution in [0.15, 0.2) is 18.2 Å². The van der Waals surface area contributed by atoms with Crippen LogP contribution in [-0.2, 0) is 0 Å². The third-order valence-electron chi connectivity index (χ3n) is 1.75. The van der Waals surface area contributed by atoms with Gasteiger partial charge in [0.1, 0.15) is 11.6 Å². The topological polar surface area (TPSA) is 38.0 Å². The van der Waals surface area contributed by atoms with Crippen molar-refractivity contribution in [3.8, 4) is 0 Å². The van der Waals surface area contributed by atoms with Crippen molar-refractivity contribution in [2.45, 2.75) is 0 Å². The Bertz CT molecular complexity index is 348. The Labute approximate surface area is 81.4 Å². The van der Waals surface area contributed by atoms with Crippen LogP contribution in [0.2, 0.25) is 0 Å². The summed E-state index contributed by atoms with van der Waals surface area (Å²) < 4.78 is 25.7. The molecular formula is C10H12F2N2. The molecule has 2 nitrogen and oxygen atoms in total. The lowest BCUT2D eigenvalue weighted by molar-refractivity contribution is 0.586. The number of hydrogen-bond donors (Lipinski definition) is 2. The number of hydrogen-bond acceptors (Lipinski definition) is 2. The first-order valence-corrected chi connectivity index (χ1v) is 4.21. The average Bonchev–Trinajstić information content (AvgIpc) is 2.13. The maximum absolute atomic E-state index is 12.9. The van der Waals surface area contributed by atoms with Gasteiger partial charge in [0.2, 0.25) is 0 Å². The first kappa shape index (κ1) is 10.7. The van der Waals surface area contributed by atoms with E-state index in [9.17, 15) is 8.78 Å². The van der Waals surface area contributed by atoms with Crippen LogP contribution in [0.4, 0.5) is 14.5 Å². The Kier molecular flexibility index (Phi) is 3.59. The standard InChI is InChI=1S/C10H12F2N2/c1-14-4-2-3-7-5-8(11)6-9(12)10(7)13/h2-3,5-6,14H,4,13H2,1H3. The molecule has 0 aromatic heterocycles. The largest absolute Gasteiger partial charge is 0.396 e. The summed E-state index contributed by atoms with van der Waals surface area (Å²) in [7, 11) is 1.78. The van der Waals surface area contributed by atoms with Crippen LogP contribution in [0.25, 0.3) is 6.08 Å². The lowest BCUT2D eigenvalue weighted by atomic mass is 10.1. The summed E-state index contributed by atoms with van der Waals surface area (Å²) in [6, 6.07) is 1.97. The molecule has 1 rings (SSSR count). The third-order valence-corrected chi connectivity index (χ3v) is 1.75. The van der Waals surface area contributed by atoms with E-state index in [1.807, 2.05) is 0 Å². The predicted molar refractivity (Wildman–Crippen MR) is 53.7 cm³/mol. The van der Waals surface area contributed by atoms with Crippen molar-refractivity contribution in [3.63, 3.8) is 0 Å². The number of rotatable bonds is 3. The van der Waals surface area contributed by atoms with Crippen molar-refractivity contribution in [2.24, 2.45) is 0 Å². The smallest absolute Gasteiger partial charge is 0.149 e. The van der Waals surface area contributed by atoms with Gasteiger partial charge in [0, 0.05) is 18.2 Å². The SMILES string of the molecule is CNCC=Cc1cc(F)cc(F)c1N. The summed E-state index contributed by atoms with van der Waals surface area (Å²) >= 11 is 0. The lowest BCUT2D eigenvalue weighted by Crippen LogP contribution is -2.04. The van der Waals surface area contributed by atoms with Gasteiger partial charge >= 0.3 is 0 Å². The highest BCUT2D eigenvalue weighted by atomic mass is 19.1. The third kappa shape index (κ3) is 2.53. The van der Waals surface area contributed by atoms with Gasteiger partial charge in [-0.05, 0) is 13.1 Å². The number of likely N-dealkylation sites (N-methyl/N-ethyl adjacent to an activating group) is 1. The van der Waals surface area contributed by atoms with Gasteiger partial charge in [-0.1, -0.05) is 12.2 Å². The molecule has 0 spiro atoms. The molecule has 76 valence electrons. The van der Waals surface area contributed by atoms with E-state index in [1.165, 1.54) is 6.07 Å². The van der Waals surface area contributed by atoms with Crippen molar-refractivity contribution in [1.82, 2.24) is 5.32 Å². The van der Waals surface area contributed by atoms with Crippen LogP contribution in [0.5, 0.6) is 0 Å².